The first kappa shape index (κ1) is 14.9. The molecule has 0 atom stereocenters. The quantitative estimate of drug-likeness (QED) is 0.639. The van der Waals surface area contributed by atoms with E-state index in [1.165, 1.54) is 32.1 Å². The minimum atomic E-state index is -0.374. The lowest BCUT2D eigenvalue weighted by atomic mass is 9.81. The molecule has 1 saturated carbocycles. The lowest BCUT2D eigenvalue weighted by Gasteiger charge is -2.30. The van der Waals surface area contributed by atoms with Crippen LogP contribution in [-0.2, 0) is 0 Å². The molecule has 17 heavy (non-hydrogen) atoms. The summed E-state index contributed by atoms with van der Waals surface area (Å²) in [5.74, 6) is 1.74. The lowest BCUT2D eigenvalue weighted by Crippen LogP contribution is -2.40. The van der Waals surface area contributed by atoms with E-state index in [0.717, 1.165) is 18.4 Å². The largest absolute Gasteiger partial charge is 0.396 e. The van der Waals surface area contributed by atoms with Gasteiger partial charge in [0.1, 0.15) is 0 Å². The summed E-state index contributed by atoms with van der Waals surface area (Å²) < 4.78 is 0. The molecule has 0 aromatic heterocycles. The Kier molecular flexibility index (Phi) is 6.45. The van der Waals surface area contributed by atoms with E-state index >= 15 is 0 Å². The van der Waals surface area contributed by atoms with Gasteiger partial charge in [-0.3, -0.25) is 0 Å². The van der Waals surface area contributed by atoms with Gasteiger partial charge in [-0.2, -0.15) is 0 Å². The maximum Gasteiger partial charge on any atom is 0.0518 e. The highest BCUT2D eigenvalue weighted by atomic mass is 16.3. The van der Waals surface area contributed by atoms with Gasteiger partial charge in [-0.05, 0) is 31.2 Å². The third-order valence-corrected chi connectivity index (χ3v) is 4.29. The third kappa shape index (κ3) is 4.94. The maximum atomic E-state index is 9.19. The molecule has 0 heterocycles. The molecule has 0 aliphatic heterocycles. The highest BCUT2D eigenvalue weighted by Gasteiger charge is 2.23. The van der Waals surface area contributed by atoms with E-state index in [4.69, 9.17) is 0 Å². The predicted octanol–water partition coefficient (Wildman–Crippen LogP) is 1.78. The van der Waals surface area contributed by atoms with E-state index in [1.807, 2.05) is 6.92 Å². The molecule has 1 aliphatic carbocycles. The molecule has 0 bridgehead atoms. The van der Waals surface area contributed by atoms with Crippen molar-refractivity contribution >= 4 is 0 Å². The Hall–Kier alpha value is -0.120. The highest BCUT2D eigenvalue weighted by molar-refractivity contribution is 4.78. The monoisotopic (exact) mass is 243 g/mol. The van der Waals surface area contributed by atoms with E-state index in [-0.39, 0.29) is 18.6 Å². The van der Waals surface area contributed by atoms with E-state index in [0.29, 0.717) is 6.54 Å². The first-order valence-electron chi connectivity index (χ1n) is 7.06. The number of hydrogen-bond acceptors (Lipinski definition) is 3. The molecule has 0 radical (unpaired) electrons. The summed E-state index contributed by atoms with van der Waals surface area (Å²) in [5.41, 5.74) is -0.374. The number of rotatable bonds is 7. The van der Waals surface area contributed by atoms with Crippen LogP contribution >= 0.6 is 0 Å². The summed E-state index contributed by atoms with van der Waals surface area (Å²) in [4.78, 5) is 0. The molecular weight excluding hydrogens is 214 g/mol. The van der Waals surface area contributed by atoms with Gasteiger partial charge in [-0.1, -0.05) is 33.1 Å². The smallest absolute Gasteiger partial charge is 0.0518 e. The lowest BCUT2D eigenvalue weighted by molar-refractivity contribution is 0.0682. The van der Waals surface area contributed by atoms with Crippen LogP contribution in [0.5, 0.6) is 0 Å². The van der Waals surface area contributed by atoms with Gasteiger partial charge < -0.3 is 15.5 Å². The van der Waals surface area contributed by atoms with Crippen LogP contribution in [0, 0.1) is 17.3 Å². The maximum absolute atomic E-state index is 9.19. The van der Waals surface area contributed by atoms with Gasteiger partial charge in [0.25, 0.3) is 0 Å². The molecule has 3 nitrogen and oxygen atoms in total. The molecular formula is C14H29NO2. The predicted molar refractivity (Wildman–Crippen MR) is 70.9 cm³/mol. The second-order valence-corrected chi connectivity index (χ2v) is 6.05. The van der Waals surface area contributed by atoms with Crippen LogP contribution in [0.2, 0.25) is 0 Å². The molecule has 1 aliphatic rings. The van der Waals surface area contributed by atoms with Crippen molar-refractivity contribution in [2.45, 2.75) is 46.0 Å². The van der Waals surface area contributed by atoms with Crippen LogP contribution in [0.25, 0.3) is 0 Å². The summed E-state index contributed by atoms with van der Waals surface area (Å²) in [6, 6.07) is 0. The SMILES string of the molecule is CCC1CCC(CNCC(C)(CO)CO)CC1. The summed E-state index contributed by atoms with van der Waals surface area (Å²) in [6.45, 7) is 6.02. The first-order valence-corrected chi connectivity index (χ1v) is 7.06. The van der Waals surface area contributed by atoms with Gasteiger partial charge in [-0.15, -0.1) is 0 Å². The van der Waals surface area contributed by atoms with Crippen molar-refractivity contribution in [3.63, 3.8) is 0 Å². The average molecular weight is 243 g/mol. The summed E-state index contributed by atoms with van der Waals surface area (Å²) in [7, 11) is 0. The van der Waals surface area contributed by atoms with Crippen molar-refractivity contribution in [2.24, 2.45) is 17.3 Å². The summed E-state index contributed by atoms with van der Waals surface area (Å²) in [5, 5.41) is 21.8. The van der Waals surface area contributed by atoms with Gasteiger partial charge in [0, 0.05) is 12.0 Å². The zero-order chi connectivity index (χ0) is 12.7. The third-order valence-electron chi connectivity index (χ3n) is 4.29. The Balaban J connectivity index is 2.15. The topological polar surface area (TPSA) is 52.5 Å². The van der Waals surface area contributed by atoms with Gasteiger partial charge in [0.05, 0.1) is 13.2 Å². The van der Waals surface area contributed by atoms with Crippen LogP contribution < -0.4 is 5.32 Å². The van der Waals surface area contributed by atoms with Crippen LogP contribution in [0.3, 0.4) is 0 Å². The first-order chi connectivity index (χ1) is 8.13. The summed E-state index contributed by atoms with van der Waals surface area (Å²) >= 11 is 0. The average Bonchev–Trinajstić information content (AvgIpc) is 2.39. The minimum Gasteiger partial charge on any atom is -0.396 e. The van der Waals surface area contributed by atoms with Crippen LogP contribution in [0.15, 0.2) is 0 Å². The van der Waals surface area contributed by atoms with E-state index in [9.17, 15) is 10.2 Å². The number of nitrogens with one attached hydrogen (secondary N) is 1. The van der Waals surface area contributed by atoms with Crippen molar-refractivity contribution in [3.8, 4) is 0 Å². The zero-order valence-electron chi connectivity index (χ0n) is 11.4. The van der Waals surface area contributed by atoms with Gasteiger partial charge in [0.15, 0.2) is 0 Å². The van der Waals surface area contributed by atoms with E-state index in [2.05, 4.69) is 12.2 Å². The molecule has 0 spiro atoms. The molecule has 1 fully saturated rings. The molecule has 3 heteroatoms. The Morgan fingerprint density at radius 1 is 1.06 bits per heavy atom. The van der Waals surface area contributed by atoms with Crippen molar-refractivity contribution in [1.29, 1.82) is 0 Å². The zero-order valence-corrected chi connectivity index (χ0v) is 11.4. The molecule has 3 N–H and O–H groups in total. The Morgan fingerprint density at radius 3 is 2.06 bits per heavy atom. The minimum absolute atomic E-state index is 0.0407. The molecule has 0 aromatic carbocycles. The fourth-order valence-corrected chi connectivity index (χ4v) is 2.58. The highest BCUT2D eigenvalue weighted by Crippen LogP contribution is 2.30. The van der Waals surface area contributed by atoms with Gasteiger partial charge in [-0.25, -0.2) is 0 Å². The molecule has 1 rings (SSSR count). The number of aliphatic hydroxyl groups is 2. The van der Waals surface area contributed by atoms with Crippen LogP contribution in [0.1, 0.15) is 46.0 Å². The van der Waals surface area contributed by atoms with Crippen molar-refractivity contribution in [3.05, 3.63) is 0 Å². The van der Waals surface area contributed by atoms with Crippen molar-refractivity contribution in [1.82, 2.24) is 5.32 Å². The molecule has 0 saturated heterocycles. The van der Waals surface area contributed by atoms with Gasteiger partial charge >= 0.3 is 0 Å². The Bertz CT molecular complexity index is 196. The van der Waals surface area contributed by atoms with Crippen LogP contribution in [-0.4, -0.2) is 36.5 Å². The van der Waals surface area contributed by atoms with Gasteiger partial charge in [0.2, 0.25) is 0 Å². The Labute approximate surface area is 106 Å². The molecule has 0 amide bonds. The number of hydrogen-bond donors (Lipinski definition) is 3. The van der Waals surface area contributed by atoms with E-state index < -0.39 is 0 Å². The second-order valence-electron chi connectivity index (χ2n) is 6.05. The summed E-state index contributed by atoms with van der Waals surface area (Å²) in [6.07, 6.45) is 6.74. The second kappa shape index (κ2) is 7.34. The number of aliphatic hydroxyl groups excluding tert-OH is 2. The van der Waals surface area contributed by atoms with Crippen LogP contribution in [0.4, 0.5) is 0 Å². The standard InChI is InChI=1S/C14H29NO2/c1-3-12-4-6-13(7-5-12)8-15-9-14(2,10-16)11-17/h12-13,15-17H,3-11H2,1-2H3. The van der Waals surface area contributed by atoms with Crippen molar-refractivity contribution < 1.29 is 10.2 Å². The molecule has 0 unspecified atom stereocenters. The van der Waals surface area contributed by atoms with Crippen molar-refractivity contribution in [2.75, 3.05) is 26.3 Å². The molecule has 102 valence electrons. The Morgan fingerprint density at radius 2 is 1.59 bits per heavy atom. The van der Waals surface area contributed by atoms with E-state index in [1.54, 1.807) is 0 Å². The normalized spacial score (nSPS) is 26.1. The fraction of sp³-hybridized carbons (Fsp3) is 1.00. The fourth-order valence-electron chi connectivity index (χ4n) is 2.58. The molecule has 0 aromatic rings.